The molecule has 18 heavy (non-hydrogen) atoms. The predicted octanol–water partition coefficient (Wildman–Crippen LogP) is 0.805. The number of piperidine rings is 1. The van der Waals surface area contributed by atoms with E-state index < -0.39 is 0 Å². The van der Waals surface area contributed by atoms with Crippen LogP contribution in [0.2, 0.25) is 0 Å². The van der Waals surface area contributed by atoms with Crippen molar-refractivity contribution in [3.05, 3.63) is 23.9 Å². The first-order valence-electron chi connectivity index (χ1n) is 5.99. The van der Waals surface area contributed by atoms with Gasteiger partial charge < -0.3 is 5.73 Å². The van der Waals surface area contributed by atoms with Gasteiger partial charge >= 0.3 is 0 Å². The SMILES string of the molecule is CC1(C)C2C(=O)N(Cc3cccnc3N)C(=O)C21. The van der Waals surface area contributed by atoms with E-state index in [9.17, 15) is 9.59 Å². The maximum absolute atomic E-state index is 12.1. The topological polar surface area (TPSA) is 76.3 Å². The predicted molar refractivity (Wildman–Crippen MR) is 65.0 cm³/mol. The third-order valence-electron chi connectivity index (χ3n) is 4.15. The Hall–Kier alpha value is -1.91. The van der Waals surface area contributed by atoms with Gasteiger partial charge in [0.1, 0.15) is 5.82 Å². The van der Waals surface area contributed by atoms with Gasteiger partial charge in [0.2, 0.25) is 11.8 Å². The molecular formula is C13H15N3O2. The second-order valence-corrected chi connectivity index (χ2v) is 5.59. The molecule has 1 aromatic heterocycles. The number of hydrogen-bond donors (Lipinski definition) is 1. The maximum atomic E-state index is 12.1. The molecular weight excluding hydrogens is 230 g/mol. The van der Waals surface area contributed by atoms with Crippen LogP contribution in [-0.2, 0) is 16.1 Å². The Morgan fingerprint density at radius 3 is 2.50 bits per heavy atom. The van der Waals surface area contributed by atoms with Crippen LogP contribution < -0.4 is 5.73 Å². The Balaban J connectivity index is 1.83. The maximum Gasteiger partial charge on any atom is 0.233 e. The van der Waals surface area contributed by atoms with Gasteiger partial charge in [0.15, 0.2) is 0 Å². The highest BCUT2D eigenvalue weighted by atomic mass is 16.2. The quantitative estimate of drug-likeness (QED) is 0.782. The Labute approximate surface area is 105 Å². The average molecular weight is 245 g/mol. The van der Waals surface area contributed by atoms with Crippen molar-refractivity contribution < 1.29 is 9.59 Å². The van der Waals surface area contributed by atoms with Crippen molar-refractivity contribution in [2.24, 2.45) is 17.3 Å². The van der Waals surface area contributed by atoms with E-state index in [0.29, 0.717) is 5.82 Å². The molecule has 1 saturated heterocycles. The van der Waals surface area contributed by atoms with E-state index in [1.54, 1.807) is 18.3 Å². The summed E-state index contributed by atoms with van der Waals surface area (Å²) in [6, 6.07) is 3.54. The number of carbonyl (C=O) groups is 2. The molecule has 2 atom stereocenters. The lowest BCUT2D eigenvalue weighted by atomic mass is 10.1. The monoisotopic (exact) mass is 245 g/mol. The lowest BCUT2D eigenvalue weighted by molar-refractivity contribution is -0.143. The molecule has 1 aromatic rings. The zero-order valence-corrected chi connectivity index (χ0v) is 10.4. The van der Waals surface area contributed by atoms with Crippen LogP contribution in [0.25, 0.3) is 0 Å². The summed E-state index contributed by atoms with van der Waals surface area (Å²) in [6.45, 7) is 4.17. The summed E-state index contributed by atoms with van der Waals surface area (Å²) in [7, 11) is 0. The molecule has 2 N–H and O–H groups in total. The summed E-state index contributed by atoms with van der Waals surface area (Å²) in [5.41, 5.74) is 6.29. The minimum atomic E-state index is -0.162. The first kappa shape index (κ1) is 11.2. The number of pyridine rings is 1. The number of anilines is 1. The minimum absolute atomic E-state index is 0.0711. The van der Waals surface area contributed by atoms with E-state index in [0.717, 1.165) is 5.56 Å². The van der Waals surface area contributed by atoms with Crippen LogP contribution >= 0.6 is 0 Å². The van der Waals surface area contributed by atoms with Crippen molar-refractivity contribution in [1.82, 2.24) is 9.88 Å². The summed E-state index contributed by atoms with van der Waals surface area (Å²) in [4.78, 5) is 29.5. The Morgan fingerprint density at radius 1 is 1.33 bits per heavy atom. The van der Waals surface area contributed by atoms with Crippen LogP contribution in [0.4, 0.5) is 5.82 Å². The van der Waals surface area contributed by atoms with Gasteiger partial charge in [-0.2, -0.15) is 0 Å². The van der Waals surface area contributed by atoms with Crippen LogP contribution in [0, 0.1) is 17.3 Å². The van der Waals surface area contributed by atoms with Crippen molar-refractivity contribution in [3.8, 4) is 0 Å². The van der Waals surface area contributed by atoms with Crippen molar-refractivity contribution in [3.63, 3.8) is 0 Å². The number of aromatic nitrogens is 1. The molecule has 5 heteroatoms. The van der Waals surface area contributed by atoms with E-state index in [-0.39, 0.29) is 35.6 Å². The molecule has 2 fully saturated rings. The number of hydrogen-bond acceptors (Lipinski definition) is 4. The van der Waals surface area contributed by atoms with E-state index in [1.807, 2.05) is 13.8 Å². The zero-order valence-electron chi connectivity index (χ0n) is 10.4. The Morgan fingerprint density at radius 2 is 1.94 bits per heavy atom. The molecule has 5 nitrogen and oxygen atoms in total. The van der Waals surface area contributed by atoms with Gasteiger partial charge in [-0.15, -0.1) is 0 Å². The van der Waals surface area contributed by atoms with Gasteiger partial charge in [0.25, 0.3) is 0 Å². The number of amides is 2. The Kier molecular flexibility index (Phi) is 2.06. The molecule has 1 aliphatic heterocycles. The fourth-order valence-electron chi connectivity index (χ4n) is 2.91. The molecule has 1 aliphatic carbocycles. The van der Waals surface area contributed by atoms with E-state index in [2.05, 4.69) is 4.98 Å². The van der Waals surface area contributed by atoms with Gasteiger partial charge in [-0.25, -0.2) is 4.98 Å². The molecule has 2 heterocycles. The van der Waals surface area contributed by atoms with Crippen LogP contribution in [0.15, 0.2) is 18.3 Å². The van der Waals surface area contributed by atoms with Crippen molar-refractivity contribution >= 4 is 17.6 Å². The third-order valence-corrected chi connectivity index (χ3v) is 4.15. The second kappa shape index (κ2) is 3.31. The molecule has 1 saturated carbocycles. The number of likely N-dealkylation sites (tertiary alicyclic amines) is 1. The Bertz CT molecular complexity index is 529. The number of fused-ring (bicyclic) bond motifs is 1. The molecule has 0 bridgehead atoms. The lowest BCUT2D eigenvalue weighted by Crippen LogP contribution is -2.35. The fourth-order valence-corrected chi connectivity index (χ4v) is 2.91. The zero-order chi connectivity index (χ0) is 13.1. The van der Waals surface area contributed by atoms with Crippen molar-refractivity contribution in [1.29, 1.82) is 0 Å². The number of nitrogens with zero attached hydrogens (tertiary/aromatic N) is 2. The van der Waals surface area contributed by atoms with Gasteiger partial charge in [0.05, 0.1) is 18.4 Å². The molecule has 0 radical (unpaired) electrons. The smallest absolute Gasteiger partial charge is 0.233 e. The van der Waals surface area contributed by atoms with Crippen LogP contribution in [0.1, 0.15) is 19.4 Å². The fraction of sp³-hybridized carbons (Fsp3) is 0.462. The van der Waals surface area contributed by atoms with Crippen LogP contribution in [0.5, 0.6) is 0 Å². The van der Waals surface area contributed by atoms with E-state index in [1.165, 1.54) is 4.90 Å². The number of nitrogens with two attached hydrogens (primary N) is 1. The third kappa shape index (κ3) is 1.30. The number of carbonyl (C=O) groups excluding carboxylic acids is 2. The standard InChI is InChI=1S/C13H15N3O2/c1-13(2)8-9(13)12(18)16(11(8)17)6-7-4-3-5-15-10(7)14/h3-5,8-9H,6H2,1-2H3,(H2,14,15). The van der Waals surface area contributed by atoms with Crippen LogP contribution in [-0.4, -0.2) is 21.7 Å². The van der Waals surface area contributed by atoms with E-state index in [4.69, 9.17) is 5.73 Å². The summed E-state index contributed by atoms with van der Waals surface area (Å²) >= 11 is 0. The van der Waals surface area contributed by atoms with Gasteiger partial charge in [-0.3, -0.25) is 14.5 Å². The highest BCUT2D eigenvalue weighted by Crippen LogP contribution is 2.63. The largest absolute Gasteiger partial charge is 0.383 e. The minimum Gasteiger partial charge on any atom is -0.383 e. The molecule has 2 unspecified atom stereocenters. The molecule has 2 aliphatic rings. The first-order chi connectivity index (χ1) is 8.44. The summed E-state index contributed by atoms with van der Waals surface area (Å²) in [5.74, 6) is -0.0415. The normalized spacial score (nSPS) is 28.4. The number of rotatable bonds is 2. The highest BCUT2D eigenvalue weighted by Gasteiger charge is 2.72. The summed E-state index contributed by atoms with van der Waals surface area (Å²) in [5, 5.41) is 0. The van der Waals surface area contributed by atoms with Crippen molar-refractivity contribution in [2.45, 2.75) is 20.4 Å². The van der Waals surface area contributed by atoms with E-state index >= 15 is 0 Å². The average Bonchev–Trinajstić information content (AvgIpc) is 2.78. The second-order valence-electron chi connectivity index (χ2n) is 5.59. The summed E-state index contributed by atoms with van der Waals surface area (Å²) < 4.78 is 0. The van der Waals surface area contributed by atoms with Gasteiger partial charge in [-0.1, -0.05) is 19.9 Å². The molecule has 2 amide bonds. The number of imide groups is 1. The molecule has 94 valence electrons. The summed E-state index contributed by atoms with van der Waals surface area (Å²) in [6.07, 6.45) is 1.59. The molecule has 0 aromatic carbocycles. The lowest BCUT2D eigenvalue weighted by Gasteiger charge is -2.20. The van der Waals surface area contributed by atoms with Gasteiger partial charge in [0, 0.05) is 11.8 Å². The molecule has 3 rings (SSSR count). The number of nitrogen functional groups attached to an aromatic ring is 1. The molecule has 0 spiro atoms. The highest BCUT2D eigenvalue weighted by molar-refractivity contribution is 6.10. The first-order valence-corrected chi connectivity index (χ1v) is 5.99. The van der Waals surface area contributed by atoms with Crippen molar-refractivity contribution in [2.75, 3.05) is 5.73 Å². The van der Waals surface area contributed by atoms with Crippen LogP contribution in [0.3, 0.4) is 0 Å². The van der Waals surface area contributed by atoms with Gasteiger partial charge in [-0.05, 0) is 11.5 Å².